The van der Waals surface area contributed by atoms with Gasteiger partial charge in [-0.3, -0.25) is 4.79 Å². The summed E-state index contributed by atoms with van der Waals surface area (Å²) in [6, 6.07) is 0. The minimum absolute atomic E-state index is 0.140. The maximum absolute atomic E-state index is 10.9. The highest BCUT2D eigenvalue weighted by Gasteiger charge is 2.22. The molecular formula is C10H18O3S. The lowest BCUT2D eigenvalue weighted by molar-refractivity contribution is -0.132. The third-order valence-corrected chi connectivity index (χ3v) is 3.64. The molecule has 0 aromatic carbocycles. The molecule has 0 heterocycles. The smallest absolute Gasteiger partial charge is 0.317 e. The van der Waals surface area contributed by atoms with Gasteiger partial charge in [0.1, 0.15) is 0 Å². The molecule has 0 saturated heterocycles. The maximum Gasteiger partial charge on any atom is 0.317 e. The molecule has 1 rings (SSSR count). The van der Waals surface area contributed by atoms with E-state index in [1.807, 2.05) is 0 Å². The molecule has 0 aliphatic heterocycles. The third kappa shape index (κ3) is 3.88. The van der Waals surface area contributed by atoms with Crippen LogP contribution >= 0.6 is 12.0 Å². The van der Waals surface area contributed by atoms with Gasteiger partial charge in [-0.2, -0.15) is 0 Å². The topological polar surface area (TPSA) is 46.5 Å². The molecule has 0 aromatic rings. The van der Waals surface area contributed by atoms with Gasteiger partial charge in [0, 0.05) is 18.3 Å². The van der Waals surface area contributed by atoms with Crippen LogP contribution in [-0.4, -0.2) is 22.9 Å². The summed E-state index contributed by atoms with van der Waals surface area (Å²) in [6.45, 7) is 2.09. The number of carbonyl (C=O) groups excluding carboxylic acids is 1. The van der Waals surface area contributed by atoms with Crippen LogP contribution in [0.5, 0.6) is 0 Å². The summed E-state index contributed by atoms with van der Waals surface area (Å²) in [6.07, 6.45) is 4.65. The van der Waals surface area contributed by atoms with Crippen LogP contribution in [-0.2, 0) is 8.98 Å². The zero-order valence-corrected chi connectivity index (χ0v) is 9.39. The Hall–Kier alpha value is -0.220. The highest BCUT2D eigenvalue weighted by molar-refractivity contribution is 7.95. The molecule has 0 spiro atoms. The van der Waals surface area contributed by atoms with Crippen LogP contribution in [0.15, 0.2) is 0 Å². The van der Waals surface area contributed by atoms with Gasteiger partial charge in [-0.1, -0.05) is 6.92 Å². The second kappa shape index (κ2) is 6.30. The minimum Gasteiger partial charge on any atom is -0.396 e. The molecule has 1 aliphatic carbocycles. The summed E-state index contributed by atoms with van der Waals surface area (Å²) in [4.78, 5) is 10.9. The molecule has 82 valence electrons. The van der Waals surface area contributed by atoms with E-state index in [4.69, 9.17) is 9.29 Å². The van der Waals surface area contributed by atoms with Gasteiger partial charge in [0.25, 0.3) is 0 Å². The van der Waals surface area contributed by atoms with Gasteiger partial charge in [0.2, 0.25) is 0 Å². The van der Waals surface area contributed by atoms with Crippen molar-refractivity contribution < 1.29 is 14.1 Å². The van der Waals surface area contributed by atoms with Crippen molar-refractivity contribution >= 4 is 18.0 Å². The first-order valence-electron chi connectivity index (χ1n) is 5.23. The van der Waals surface area contributed by atoms with Crippen molar-refractivity contribution in [1.29, 1.82) is 0 Å². The van der Waals surface area contributed by atoms with Crippen molar-refractivity contribution in [3.05, 3.63) is 0 Å². The SMILES string of the molecule is CCC(=O)OSC1CCC(CO)CC1. The number of aliphatic hydroxyl groups is 1. The first kappa shape index (κ1) is 11.9. The number of hydrogen-bond donors (Lipinski definition) is 1. The zero-order chi connectivity index (χ0) is 10.4. The van der Waals surface area contributed by atoms with Gasteiger partial charge in [0.15, 0.2) is 0 Å². The van der Waals surface area contributed by atoms with Gasteiger partial charge in [-0.15, -0.1) is 0 Å². The Bertz CT molecular complexity index is 176. The van der Waals surface area contributed by atoms with Crippen LogP contribution in [0, 0.1) is 5.92 Å². The van der Waals surface area contributed by atoms with Crippen LogP contribution in [0.25, 0.3) is 0 Å². The Morgan fingerprint density at radius 1 is 1.43 bits per heavy atom. The van der Waals surface area contributed by atoms with E-state index in [1.54, 1.807) is 6.92 Å². The monoisotopic (exact) mass is 218 g/mol. The van der Waals surface area contributed by atoms with Gasteiger partial charge in [0.05, 0.1) is 12.0 Å². The molecule has 0 atom stereocenters. The van der Waals surface area contributed by atoms with E-state index >= 15 is 0 Å². The largest absolute Gasteiger partial charge is 0.396 e. The molecule has 4 heteroatoms. The van der Waals surface area contributed by atoms with Crippen molar-refractivity contribution in [2.75, 3.05) is 6.61 Å². The average Bonchev–Trinajstić information content (AvgIpc) is 2.26. The molecular weight excluding hydrogens is 200 g/mol. The molecule has 3 nitrogen and oxygen atoms in total. The molecule has 14 heavy (non-hydrogen) atoms. The summed E-state index contributed by atoms with van der Waals surface area (Å²) in [5.41, 5.74) is 0. The van der Waals surface area contributed by atoms with E-state index in [2.05, 4.69) is 0 Å². The summed E-state index contributed by atoms with van der Waals surface area (Å²) in [5.74, 6) is 0.327. The van der Waals surface area contributed by atoms with Gasteiger partial charge < -0.3 is 9.29 Å². The summed E-state index contributed by atoms with van der Waals surface area (Å²) in [7, 11) is 0. The fourth-order valence-corrected chi connectivity index (χ4v) is 2.42. The molecule has 0 bridgehead atoms. The maximum atomic E-state index is 10.9. The fourth-order valence-electron chi connectivity index (χ4n) is 1.59. The van der Waals surface area contributed by atoms with E-state index in [9.17, 15) is 4.79 Å². The van der Waals surface area contributed by atoms with Crippen LogP contribution in [0.3, 0.4) is 0 Å². The second-order valence-corrected chi connectivity index (χ2v) is 4.76. The first-order valence-corrected chi connectivity index (χ1v) is 6.03. The molecule has 0 unspecified atom stereocenters. The minimum atomic E-state index is -0.140. The van der Waals surface area contributed by atoms with Crippen molar-refractivity contribution in [3.8, 4) is 0 Å². The lowest BCUT2D eigenvalue weighted by Gasteiger charge is -2.25. The van der Waals surface area contributed by atoms with E-state index in [0.29, 0.717) is 24.2 Å². The number of carbonyl (C=O) groups is 1. The molecule has 1 N–H and O–H groups in total. The average molecular weight is 218 g/mol. The van der Waals surface area contributed by atoms with Gasteiger partial charge >= 0.3 is 5.97 Å². The summed E-state index contributed by atoms with van der Waals surface area (Å²) in [5, 5.41) is 9.38. The van der Waals surface area contributed by atoms with Crippen molar-refractivity contribution in [2.45, 2.75) is 44.3 Å². The normalized spacial score (nSPS) is 27.3. The highest BCUT2D eigenvalue weighted by Crippen LogP contribution is 2.32. The Kier molecular flexibility index (Phi) is 5.33. The van der Waals surface area contributed by atoms with E-state index < -0.39 is 0 Å². The lowest BCUT2D eigenvalue weighted by atomic mass is 9.90. The predicted octanol–water partition coefficient (Wildman–Crippen LogP) is 2.14. The van der Waals surface area contributed by atoms with Crippen LogP contribution in [0.1, 0.15) is 39.0 Å². The molecule has 1 fully saturated rings. The standard InChI is InChI=1S/C10H18O3S/c1-2-10(12)13-14-9-5-3-8(7-11)4-6-9/h8-9,11H,2-7H2,1H3. The van der Waals surface area contributed by atoms with E-state index in [1.165, 1.54) is 12.0 Å². The lowest BCUT2D eigenvalue weighted by Crippen LogP contribution is -2.19. The van der Waals surface area contributed by atoms with Crippen LogP contribution < -0.4 is 0 Å². The summed E-state index contributed by atoms with van der Waals surface area (Å²) < 4.78 is 5.01. The second-order valence-electron chi connectivity index (χ2n) is 3.73. The van der Waals surface area contributed by atoms with Gasteiger partial charge in [-0.05, 0) is 31.6 Å². The number of aliphatic hydroxyl groups excluding tert-OH is 1. The molecule has 0 aromatic heterocycles. The van der Waals surface area contributed by atoms with Crippen molar-refractivity contribution in [2.24, 2.45) is 5.92 Å². The Balaban J connectivity index is 2.13. The Labute approximate surface area is 89.4 Å². The zero-order valence-electron chi connectivity index (χ0n) is 8.57. The Morgan fingerprint density at radius 2 is 2.07 bits per heavy atom. The molecule has 0 radical (unpaired) electrons. The molecule has 1 saturated carbocycles. The number of rotatable bonds is 4. The first-order chi connectivity index (χ1) is 6.76. The van der Waals surface area contributed by atoms with Gasteiger partial charge in [-0.25, -0.2) is 0 Å². The van der Waals surface area contributed by atoms with Crippen molar-refractivity contribution in [1.82, 2.24) is 0 Å². The predicted molar refractivity (Wildman–Crippen MR) is 56.8 cm³/mol. The quantitative estimate of drug-likeness (QED) is 0.734. The van der Waals surface area contributed by atoms with Crippen LogP contribution in [0.4, 0.5) is 0 Å². The number of hydrogen-bond acceptors (Lipinski definition) is 4. The highest BCUT2D eigenvalue weighted by atomic mass is 32.2. The van der Waals surface area contributed by atoms with E-state index in [-0.39, 0.29) is 5.97 Å². The Morgan fingerprint density at radius 3 is 2.57 bits per heavy atom. The van der Waals surface area contributed by atoms with Crippen LogP contribution in [0.2, 0.25) is 0 Å². The fraction of sp³-hybridized carbons (Fsp3) is 0.900. The third-order valence-electron chi connectivity index (χ3n) is 2.62. The molecule has 0 amide bonds. The van der Waals surface area contributed by atoms with Crippen molar-refractivity contribution in [3.63, 3.8) is 0 Å². The van der Waals surface area contributed by atoms with E-state index in [0.717, 1.165) is 25.7 Å². The molecule has 1 aliphatic rings. The summed E-state index contributed by atoms with van der Waals surface area (Å²) >= 11 is 1.31.